The Labute approximate surface area is 203 Å². The minimum atomic E-state index is -1.31. The van der Waals surface area contributed by atoms with Gasteiger partial charge >= 0.3 is 60.4 Å². The molecule has 0 rings (SSSR count). The quantitative estimate of drug-likeness (QED) is 0.176. The molecule has 0 aliphatic rings. The Bertz CT molecular complexity index is 309. The fourth-order valence-electron chi connectivity index (χ4n) is 2.69. The van der Waals surface area contributed by atoms with E-state index in [1.807, 2.05) is 0 Å². The van der Waals surface area contributed by atoms with Crippen LogP contribution in [0, 0.1) is 12.8 Å². The summed E-state index contributed by atoms with van der Waals surface area (Å²) >= 11 is 0. The second-order valence-corrected chi connectivity index (χ2v) is 6.94. The molecule has 0 aliphatic carbocycles. The predicted octanol–water partition coefficient (Wildman–Crippen LogP) is 0.604. The van der Waals surface area contributed by atoms with E-state index in [-0.39, 0.29) is 49.8 Å². The van der Waals surface area contributed by atoms with Crippen LogP contribution in [0.1, 0.15) is 112 Å². The monoisotopic (exact) mass is 388 g/mol. The molecule has 27 heavy (non-hydrogen) atoms. The van der Waals surface area contributed by atoms with E-state index < -0.39 is 18.4 Å². The average Bonchev–Trinajstić information content (AvgIpc) is 2.54. The van der Waals surface area contributed by atoms with Crippen LogP contribution in [0.4, 0.5) is 0 Å². The van der Waals surface area contributed by atoms with Crippen LogP contribution < -0.4 is 48.4 Å². The first-order chi connectivity index (χ1) is 11.9. The molecule has 0 aliphatic heterocycles. The van der Waals surface area contributed by atoms with Crippen LogP contribution >= 0.6 is 0 Å². The first-order valence-electron chi connectivity index (χ1n) is 10.2. The second kappa shape index (κ2) is 28.7. The van der Waals surface area contributed by atoms with Gasteiger partial charge in [-0.1, -0.05) is 104 Å². The molecular formula is C21H42LiNaO4. The van der Waals surface area contributed by atoms with Crippen LogP contribution in [0.15, 0.2) is 0 Å². The smallest absolute Gasteiger partial charge is 1.00 e. The maximum atomic E-state index is 9.43. The van der Waals surface area contributed by atoms with Crippen LogP contribution in [-0.4, -0.2) is 22.2 Å². The largest absolute Gasteiger partial charge is 1.00 e. The standard InChI is InChI=1S/C18H37.C3H4O4.Li.Na.H/c1-4-6-8-9-10-11-12-13-14-15-17-18(3)16-7-5-2;4-2(5)1-3(6)7;;;/h18H,3-17H2,1-2H3;1H2,(H,4,5)(H,6,7);;;/q-1;;2*+1;-1. The van der Waals surface area contributed by atoms with Crippen LogP contribution in [0.5, 0.6) is 0 Å². The van der Waals surface area contributed by atoms with E-state index in [1.54, 1.807) is 0 Å². The van der Waals surface area contributed by atoms with Crippen molar-refractivity contribution in [3.63, 3.8) is 0 Å². The predicted molar refractivity (Wildman–Crippen MR) is 106 cm³/mol. The Hall–Kier alpha value is 0.537. The van der Waals surface area contributed by atoms with Gasteiger partial charge in [-0.05, 0) is 0 Å². The SMILES string of the molecule is O=C(O)CC(=O)O.[CH2-]C(CCCC)CCCCCCCCCCCC.[H-].[Li+].[Na+]. The van der Waals surface area contributed by atoms with E-state index in [0.29, 0.717) is 0 Å². The molecule has 0 aromatic rings. The summed E-state index contributed by atoms with van der Waals surface area (Å²) in [5.41, 5.74) is 0. The summed E-state index contributed by atoms with van der Waals surface area (Å²) in [6.07, 6.45) is 19.0. The molecule has 0 aromatic carbocycles. The summed E-state index contributed by atoms with van der Waals surface area (Å²) in [5, 5.41) is 15.4. The summed E-state index contributed by atoms with van der Waals surface area (Å²) in [5.74, 6) is -1.90. The Morgan fingerprint density at radius 3 is 1.41 bits per heavy atom. The Balaban J connectivity index is -0.000000152. The van der Waals surface area contributed by atoms with Gasteiger partial charge in [0.25, 0.3) is 0 Å². The number of aliphatic carboxylic acids is 2. The van der Waals surface area contributed by atoms with E-state index in [9.17, 15) is 9.59 Å². The molecule has 0 saturated carbocycles. The molecule has 0 radical (unpaired) electrons. The summed E-state index contributed by atoms with van der Waals surface area (Å²) in [4.78, 5) is 18.9. The zero-order valence-corrected chi connectivity index (χ0v) is 20.6. The minimum Gasteiger partial charge on any atom is -1.00 e. The maximum Gasteiger partial charge on any atom is 1.00 e. The molecule has 152 valence electrons. The molecular weight excluding hydrogens is 346 g/mol. The molecule has 0 heterocycles. The van der Waals surface area contributed by atoms with Crippen LogP contribution in [0.25, 0.3) is 0 Å². The number of unbranched alkanes of at least 4 members (excludes halogenated alkanes) is 10. The zero-order valence-electron chi connectivity index (χ0n) is 19.6. The van der Waals surface area contributed by atoms with Crippen molar-refractivity contribution in [1.29, 1.82) is 0 Å². The van der Waals surface area contributed by atoms with Crippen molar-refractivity contribution in [2.45, 2.75) is 110 Å². The van der Waals surface area contributed by atoms with Gasteiger partial charge in [0, 0.05) is 0 Å². The molecule has 0 saturated heterocycles. The number of rotatable bonds is 16. The Kier molecular flexibility index (Phi) is 37.3. The van der Waals surface area contributed by atoms with E-state index >= 15 is 0 Å². The van der Waals surface area contributed by atoms with E-state index in [1.165, 1.54) is 89.9 Å². The van der Waals surface area contributed by atoms with Gasteiger partial charge in [0.05, 0.1) is 0 Å². The summed E-state index contributed by atoms with van der Waals surface area (Å²) in [6.45, 7) is 8.81. The Morgan fingerprint density at radius 2 is 1.07 bits per heavy atom. The van der Waals surface area contributed by atoms with E-state index in [2.05, 4.69) is 20.8 Å². The van der Waals surface area contributed by atoms with Crippen molar-refractivity contribution in [2.75, 3.05) is 0 Å². The van der Waals surface area contributed by atoms with Crippen molar-refractivity contribution in [1.82, 2.24) is 0 Å². The molecule has 0 fully saturated rings. The van der Waals surface area contributed by atoms with Gasteiger partial charge < -0.3 is 18.6 Å². The third kappa shape index (κ3) is 37.9. The van der Waals surface area contributed by atoms with Gasteiger partial charge in [-0.3, -0.25) is 9.59 Å². The van der Waals surface area contributed by atoms with Gasteiger partial charge in [-0.15, -0.1) is 0 Å². The molecule has 6 heteroatoms. The molecule has 0 bridgehead atoms. The first kappa shape index (κ1) is 35.0. The van der Waals surface area contributed by atoms with Crippen LogP contribution in [0.2, 0.25) is 0 Å². The second-order valence-electron chi connectivity index (χ2n) is 6.94. The molecule has 0 aromatic heterocycles. The summed E-state index contributed by atoms with van der Waals surface area (Å²) in [6, 6.07) is 0. The fourth-order valence-corrected chi connectivity index (χ4v) is 2.69. The van der Waals surface area contributed by atoms with Crippen molar-refractivity contribution in [3.8, 4) is 0 Å². The molecule has 4 nitrogen and oxygen atoms in total. The van der Waals surface area contributed by atoms with Crippen molar-refractivity contribution < 1.29 is 69.6 Å². The van der Waals surface area contributed by atoms with Crippen LogP contribution in [-0.2, 0) is 9.59 Å². The van der Waals surface area contributed by atoms with E-state index in [0.717, 1.165) is 5.92 Å². The normalized spacial score (nSPS) is 10.6. The zero-order chi connectivity index (χ0) is 19.3. The fraction of sp³-hybridized carbons (Fsp3) is 0.857. The van der Waals surface area contributed by atoms with Gasteiger partial charge in [0.2, 0.25) is 0 Å². The Morgan fingerprint density at radius 1 is 0.741 bits per heavy atom. The molecule has 1 atom stereocenters. The number of carboxylic acids is 2. The molecule has 2 N–H and O–H groups in total. The number of hydrogen-bond acceptors (Lipinski definition) is 2. The minimum absolute atomic E-state index is 0. The maximum absolute atomic E-state index is 9.43. The average molecular weight is 388 g/mol. The van der Waals surface area contributed by atoms with Gasteiger partial charge in [0.1, 0.15) is 6.42 Å². The number of hydrogen-bond donors (Lipinski definition) is 2. The third-order valence-electron chi connectivity index (χ3n) is 4.23. The summed E-state index contributed by atoms with van der Waals surface area (Å²) < 4.78 is 0. The topological polar surface area (TPSA) is 74.6 Å². The van der Waals surface area contributed by atoms with Crippen molar-refractivity contribution in [2.24, 2.45) is 5.92 Å². The number of carbonyl (C=O) groups is 2. The van der Waals surface area contributed by atoms with Gasteiger partial charge in [-0.2, -0.15) is 5.92 Å². The van der Waals surface area contributed by atoms with Crippen molar-refractivity contribution >= 4 is 11.9 Å². The third-order valence-corrected chi connectivity index (χ3v) is 4.23. The van der Waals surface area contributed by atoms with E-state index in [4.69, 9.17) is 10.2 Å². The first-order valence-corrected chi connectivity index (χ1v) is 10.2. The molecule has 0 amide bonds. The van der Waals surface area contributed by atoms with Gasteiger partial charge in [0.15, 0.2) is 0 Å². The molecule has 1 unspecified atom stereocenters. The van der Waals surface area contributed by atoms with Crippen molar-refractivity contribution in [3.05, 3.63) is 6.92 Å². The van der Waals surface area contributed by atoms with Crippen LogP contribution in [0.3, 0.4) is 0 Å². The molecule has 0 spiro atoms. The number of carboxylic acid groups (broad SMARTS) is 2. The van der Waals surface area contributed by atoms with Gasteiger partial charge in [-0.25, -0.2) is 0 Å². The summed E-state index contributed by atoms with van der Waals surface area (Å²) in [7, 11) is 0.